The number of phosphoric ester groups is 1. The monoisotopic (exact) mass is 337 g/mol. The highest BCUT2D eigenvalue weighted by Gasteiger charge is 2.53. The molecule has 11 nitrogen and oxygen atoms in total. The Labute approximate surface area is 124 Å². The summed E-state index contributed by atoms with van der Waals surface area (Å²) >= 11 is 0. The molecule has 124 valence electrons. The zero-order valence-electron chi connectivity index (χ0n) is 11.4. The molecule has 0 saturated carbocycles. The molecule has 0 aromatic carbocycles. The first kappa shape index (κ1) is 17.0. The molecule has 2 heterocycles. The summed E-state index contributed by atoms with van der Waals surface area (Å²) in [7, 11) is -4.76. The third-order valence-electron chi connectivity index (χ3n) is 3.35. The van der Waals surface area contributed by atoms with E-state index in [1.54, 1.807) is 0 Å². The topological polar surface area (TPSA) is 177 Å². The number of aliphatic hydroxyl groups excluding tert-OH is 2. The van der Waals surface area contributed by atoms with E-state index in [1.807, 2.05) is 0 Å². The van der Waals surface area contributed by atoms with Crippen molar-refractivity contribution in [1.82, 2.24) is 9.55 Å². The number of aromatic nitrogens is 2. The fourth-order valence-electron chi connectivity index (χ4n) is 2.22. The number of aliphatic hydroxyl groups is 2. The van der Waals surface area contributed by atoms with Crippen LogP contribution in [0.15, 0.2) is 17.1 Å². The first-order valence-corrected chi connectivity index (χ1v) is 7.67. The van der Waals surface area contributed by atoms with Gasteiger partial charge in [-0.05, 0) is 13.0 Å². The summed E-state index contributed by atoms with van der Waals surface area (Å²) in [6.45, 7) is 0.646. The van der Waals surface area contributed by atoms with Crippen molar-refractivity contribution in [3.8, 4) is 0 Å². The Morgan fingerprint density at radius 2 is 2.18 bits per heavy atom. The summed E-state index contributed by atoms with van der Waals surface area (Å²) in [5, 5.41) is 20.0. The van der Waals surface area contributed by atoms with Crippen LogP contribution >= 0.6 is 7.82 Å². The summed E-state index contributed by atoms with van der Waals surface area (Å²) in [5.41, 5.74) is 2.86. The number of nitrogen functional groups attached to an aromatic ring is 1. The van der Waals surface area contributed by atoms with Gasteiger partial charge < -0.3 is 30.5 Å². The Balaban J connectivity index is 2.28. The van der Waals surface area contributed by atoms with Gasteiger partial charge in [0.05, 0.1) is 6.61 Å². The van der Waals surface area contributed by atoms with E-state index in [0.29, 0.717) is 0 Å². The van der Waals surface area contributed by atoms with E-state index < -0.39 is 44.2 Å². The minimum atomic E-state index is -4.76. The molecule has 0 spiro atoms. The van der Waals surface area contributed by atoms with Gasteiger partial charge in [-0.15, -0.1) is 0 Å². The lowest BCUT2D eigenvalue weighted by molar-refractivity contribution is -0.136. The summed E-state index contributed by atoms with van der Waals surface area (Å²) in [6, 6.07) is 1.30. The number of ether oxygens (including phenoxy) is 1. The van der Waals surface area contributed by atoms with Crippen LogP contribution < -0.4 is 11.4 Å². The molecule has 1 aromatic rings. The van der Waals surface area contributed by atoms with E-state index in [2.05, 4.69) is 9.51 Å². The van der Waals surface area contributed by atoms with Gasteiger partial charge in [0.15, 0.2) is 5.72 Å². The average molecular weight is 337 g/mol. The Bertz CT molecular complexity index is 660. The highest BCUT2D eigenvalue weighted by atomic mass is 31.2. The summed E-state index contributed by atoms with van der Waals surface area (Å²) in [5.74, 6) is -0.0285. The maximum Gasteiger partial charge on any atom is 0.469 e. The highest BCUT2D eigenvalue weighted by Crippen LogP contribution is 2.39. The van der Waals surface area contributed by atoms with Crippen LogP contribution in [0.4, 0.5) is 5.82 Å². The van der Waals surface area contributed by atoms with Crippen molar-refractivity contribution in [2.24, 2.45) is 0 Å². The minimum Gasteiger partial charge on any atom is -0.387 e. The van der Waals surface area contributed by atoms with Crippen LogP contribution in [-0.2, 0) is 19.6 Å². The van der Waals surface area contributed by atoms with Gasteiger partial charge in [-0.3, -0.25) is 9.09 Å². The van der Waals surface area contributed by atoms with Gasteiger partial charge in [0, 0.05) is 6.20 Å². The van der Waals surface area contributed by atoms with Crippen molar-refractivity contribution in [3.63, 3.8) is 0 Å². The van der Waals surface area contributed by atoms with Gasteiger partial charge in [-0.2, -0.15) is 4.98 Å². The van der Waals surface area contributed by atoms with Gasteiger partial charge in [0.1, 0.15) is 24.1 Å². The van der Waals surface area contributed by atoms with E-state index in [9.17, 15) is 19.6 Å². The van der Waals surface area contributed by atoms with Crippen molar-refractivity contribution in [3.05, 3.63) is 22.7 Å². The molecule has 0 bridgehead atoms. The average Bonchev–Trinajstić information content (AvgIpc) is 2.61. The lowest BCUT2D eigenvalue weighted by Gasteiger charge is -2.29. The number of nitrogens with two attached hydrogens (primary N) is 1. The number of nitrogens with zero attached hydrogens (tertiary/aromatic N) is 2. The number of phosphoric acid groups is 1. The predicted molar refractivity (Wildman–Crippen MR) is 71.4 cm³/mol. The molecular formula is C10H16N3O8P. The Hall–Kier alpha value is -1.33. The van der Waals surface area contributed by atoms with Crippen LogP contribution in [0.25, 0.3) is 0 Å². The summed E-state index contributed by atoms with van der Waals surface area (Å²) in [6.07, 6.45) is -3.11. The zero-order chi connectivity index (χ0) is 16.7. The van der Waals surface area contributed by atoms with Gasteiger partial charge in [-0.1, -0.05) is 0 Å². The fraction of sp³-hybridized carbons (Fsp3) is 0.600. The van der Waals surface area contributed by atoms with E-state index in [-0.39, 0.29) is 5.82 Å². The van der Waals surface area contributed by atoms with Crippen LogP contribution in [0.2, 0.25) is 0 Å². The second-order valence-corrected chi connectivity index (χ2v) is 6.18. The van der Waals surface area contributed by atoms with Crippen LogP contribution in [0.5, 0.6) is 0 Å². The van der Waals surface area contributed by atoms with E-state index in [0.717, 1.165) is 4.57 Å². The van der Waals surface area contributed by atoms with Gasteiger partial charge in [-0.25, -0.2) is 9.36 Å². The van der Waals surface area contributed by atoms with Crippen molar-refractivity contribution in [2.75, 3.05) is 12.3 Å². The maximum absolute atomic E-state index is 11.9. The summed E-state index contributed by atoms with van der Waals surface area (Å²) < 4.78 is 21.3. The SMILES string of the molecule is C[C@@]1(n2ccc(N)nc2=O)O[C@H](COP(=O)(O)O)[C@H](O)C1O. The first-order valence-electron chi connectivity index (χ1n) is 6.14. The molecule has 1 fully saturated rings. The number of hydrogen-bond donors (Lipinski definition) is 5. The smallest absolute Gasteiger partial charge is 0.387 e. The van der Waals surface area contributed by atoms with Gasteiger partial charge in [0.2, 0.25) is 0 Å². The fourth-order valence-corrected chi connectivity index (χ4v) is 2.56. The quantitative estimate of drug-likeness (QED) is 0.376. The van der Waals surface area contributed by atoms with Crippen molar-refractivity contribution >= 4 is 13.6 Å². The molecule has 1 aliphatic heterocycles. The minimum absolute atomic E-state index is 0.0285. The molecule has 1 aromatic heterocycles. The van der Waals surface area contributed by atoms with Crippen molar-refractivity contribution in [1.29, 1.82) is 0 Å². The molecule has 0 radical (unpaired) electrons. The van der Waals surface area contributed by atoms with Crippen molar-refractivity contribution in [2.45, 2.75) is 31.0 Å². The Morgan fingerprint density at radius 1 is 1.55 bits per heavy atom. The van der Waals surface area contributed by atoms with E-state index in [1.165, 1.54) is 19.2 Å². The normalized spacial score (nSPS) is 32.3. The second-order valence-electron chi connectivity index (χ2n) is 4.94. The van der Waals surface area contributed by atoms with Gasteiger partial charge >= 0.3 is 13.5 Å². The lowest BCUT2D eigenvalue weighted by Crippen LogP contribution is -2.48. The molecule has 1 saturated heterocycles. The van der Waals surface area contributed by atoms with Crippen LogP contribution in [0, 0.1) is 0 Å². The first-order chi connectivity index (χ1) is 10.0. The largest absolute Gasteiger partial charge is 0.469 e. The standard InChI is InChI=1S/C10H16N3O8P/c1-10(13-3-2-6(11)12-9(13)16)8(15)7(14)5(21-10)4-20-22(17,18)19/h2-3,5,7-8,14-15H,4H2,1H3,(H2,11,12,16)(H2,17,18,19)/t5-,7+,8?,10-/m1/s1. The lowest BCUT2D eigenvalue weighted by atomic mass is 10.0. The molecule has 22 heavy (non-hydrogen) atoms. The predicted octanol–water partition coefficient (Wildman–Crippen LogP) is -2.27. The van der Waals surface area contributed by atoms with E-state index in [4.69, 9.17) is 20.3 Å². The van der Waals surface area contributed by atoms with Crippen LogP contribution in [0.1, 0.15) is 6.92 Å². The molecule has 1 unspecified atom stereocenters. The Morgan fingerprint density at radius 3 is 2.73 bits per heavy atom. The third-order valence-corrected chi connectivity index (χ3v) is 3.84. The molecule has 0 aliphatic carbocycles. The van der Waals surface area contributed by atoms with Crippen LogP contribution in [0.3, 0.4) is 0 Å². The molecule has 4 atom stereocenters. The number of anilines is 1. The van der Waals surface area contributed by atoms with E-state index >= 15 is 0 Å². The molecule has 0 amide bonds. The van der Waals surface area contributed by atoms with Gasteiger partial charge in [0.25, 0.3) is 0 Å². The molecule has 6 N–H and O–H groups in total. The highest BCUT2D eigenvalue weighted by molar-refractivity contribution is 7.46. The summed E-state index contributed by atoms with van der Waals surface area (Å²) in [4.78, 5) is 32.7. The zero-order valence-corrected chi connectivity index (χ0v) is 12.3. The second kappa shape index (κ2) is 5.70. The van der Waals surface area contributed by atoms with Crippen molar-refractivity contribution < 1.29 is 33.8 Å². The third kappa shape index (κ3) is 3.20. The molecular weight excluding hydrogens is 321 g/mol. The number of rotatable bonds is 4. The van der Waals surface area contributed by atoms with Crippen LogP contribution in [-0.4, -0.2) is 54.5 Å². The maximum atomic E-state index is 11.9. The molecule has 1 aliphatic rings. The molecule has 12 heteroatoms. The molecule has 2 rings (SSSR count). The number of hydrogen-bond acceptors (Lipinski definition) is 8. The Kier molecular flexibility index (Phi) is 4.42.